The van der Waals surface area contributed by atoms with Gasteiger partial charge in [-0.3, -0.25) is 0 Å². The van der Waals surface area contributed by atoms with E-state index >= 15 is 0 Å². The number of morpholine rings is 1. The van der Waals surface area contributed by atoms with Crippen LogP contribution < -0.4 is 11.1 Å². The number of nitrogens with zero attached hydrogens (tertiary/aromatic N) is 3. The molecule has 1 aliphatic rings. The highest BCUT2D eigenvalue weighted by atomic mass is 16.5. The molecule has 1 saturated heterocycles. The molecule has 0 aliphatic carbocycles. The van der Waals surface area contributed by atoms with Crippen molar-refractivity contribution in [3.05, 3.63) is 23.7 Å². The van der Waals surface area contributed by atoms with Gasteiger partial charge in [0.05, 0.1) is 17.7 Å². The largest absolute Gasteiger partial charge is 0.383 e. The van der Waals surface area contributed by atoms with E-state index < -0.39 is 0 Å². The first-order valence-electron chi connectivity index (χ1n) is 5.97. The van der Waals surface area contributed by atoms with E-state index in [4.69, 9.17) is 10.5 Å². The van der Waals surface area contributed by atoms with Crippen LogP contribution in [0.5, 0.6) is 0 Å². The maximum atomic E-state index is 5.85. The zero-order valence-electron chi connectivity index (χ0n) is 10.2. The van der Waals surface area contributed by atoms with E-state index in [9.17, 15) is 0 Å². The lowest BCUT2D eigenvalue weighted by Crippen LogP contribution is -2.33. The predicted molar refractivity (Wildman–Crippen MR) is 68.0 cm³/mol. The Labute approximate surface area is 105 Å². The maximum absolute atomic E-state index is 5.85. The zero-order chi connectivity index (χ0) is 12.5. The van der Waals surface area contributed by atoms with Crippen LogP contribution in [-0.2, 0) is 4.74 Å². The molecule has 0 bridgehead atoms. The molecule has 6 nitrogen and oxygen atoms in total. The van der Waals surface area contributed by atoms with Crippen LogP contribution in [0.3, 0.4) is 0 Å². The average molecular weight is 245 g/mol. The monoisotopic (exact) mass is 245 g/mol. The first-order valence-corrected chi connectivity index (χ1v) is 5.97. The van der Waals surface area contributed by atoms with Crippen molar-refractivity contribution >= 4 is 16.9 Å². The average Bonchev–Trinajstić information content (AvgIpc) is 2.39. The molecule has 94 valence electrons. The molecule has 1 atom stereocenters. The summed E-state index contributed by atoms with van der Waals surface area (Å²) < 4.78 is 5.67. The number of hydrogen-bond acceptors (Lipinski definition) is 6. The number of hydrogen-bond donors (Lipinski definition) is 2. The SMILES string of the molecule is Cc1nc(N)c2ccc(C3CNCCO3)nc2n1. The van der Waals surface area contributed by atoms with E-state index in [1.807, 2.05) is 19.1 Å². The van der Waals surface area contributed by atoms with Gasteiger partial charge in [-0.1, -0.05) is 0 Å². The van der Waals surface area contributed by atoms with Crippen LogP contribution in [0.2, 0.25) is 0 Å². The molecule has 6 heteroatoms. The number of aryl methyl sites for hydroxylation is 1. The maximum Gasteiger partial charge on any atom is 0.165 e. The molecule has 0 aromatic carbocycles. The van der Waals surface area contributed by atoms with Gasteiger partial charge in [-0.15, -0.1) is 0 Å². The van der Waals surface area contributed by atoms with Crippen LogP contribution >= 0.6 is 0 Å². The molecule has 2 aromatic heterocycles. The van der Waals surface area contributed by atoms with Crippen molar-refractivity contribution in [3.8, 4) is 0 Å². The van der Waals surface area contributed by atoms with Crippen molar-refractivity contribution in [1.29, 1.82) is 0 Å². The van der Waals surface area contributed by atoms with Crippen molar-refractivity contribution in [2.75, 3.05) is 25.4 Å². The molecule has 1 fully saturated rings. The number of ether oxygens (including phenoxy) is 1. The van der Waals surface area contributed by atoms with Crippen LogP contribution in [-0.4, -0.2) is 34.6 Å². The highest BCUT2D eigenvalue weighted by Gasteiger charge is 2.18. The Bertz CT molecular complexity index is 580. The second-order valence-electron chi connectivity index (χ2n) is 4.33. The molecule has 0 spiro atoms. The summed E-state index contributed by atoms with van der Waals surface area (Å²) in [4.78, 5) is 13.0. The molecule has 1 unspecified atom stereocenters. The van der Waals surface area contributed by atoms with Gasteiger partial charge >= 0.3 is 0 Å². The molecule has 3 rings (SSSR count). The normalized spacial score (nSPS) is 20.2. The lowest BCUT2D eigenvalue weighted by atomic mass is 10.2. The summed E-state index contributed by atoms with van der Waals surface area (Å²) >= 11 is 0. The van der Waals surface area contributed by atoms with Crippen LogP contribution in [0, 0.1) is 6.92 Å². The van der Waals surface area contributed by atoms with Crippen molar-refractivity contribution in [3.63, 3.8) is 0 Å². The van der Waals surface area contributed by atoms with E-state index in [1.165, 1.54) is 0 Å². The van der Waals surface area contributed by atoms with Crippen molar-refractivity contribution < 1.29 is 4.74 Å². The van der Waals surface area contributed by atoms with Gasteiger partial charge in [-0.05, 0) is 19.1 Å². The summed E-state index contributed by atoms with van der Waals surface area (Å²) in [5, 5.41) is 4.07. The Morgan fingerprint density at radius 2 is 2.22 bits per heavy atom. The Morgan fingerprint density at radius 3 is 3.00 bits per heavy atom. The molecule has 0 saturated carbocycles. The zero-order valence-corrected chi connectivity index (χ0v) is 10.2. The molecular formula is C12H15N5O. The van der Waals surface area contributed by atoms with Crippen LogP contribution in [0.25, 0.3) is 11.0 Å². The molecule has 2 aromatic rings. The first-order chi connectivity index (χ1) is 8.74. The summed E-state index contributed by atoms with van der Waals surface area (Å²) in [6, 6.07) is 3.83. The summed E-state index contributed by atoms with van der Waals surface area (Å²) in [6.07, 6.45) is -0.0142. The van der Waals surface area contributed by atoms with Crippen molar-refractivity contribution in [2.24, 2.45) is 0 Å². The fraction of sp³-hybridized carbons (Fsp3) is 0.417. The van der Waals surface area contributed by atoms with Gasteiger partial charge in [0.25, 0.3) is 0 Å². The third-order valence-corrected chi connectivity index (χ3v) is 2.98. The van der Waals surface area contributed by atoms with Crippen LogP contribution in [0.1, 0.15) is 17.6 Å². The highest BCUT2D eigenvalue weighted by molar-refractivity contribution is 5.85. The fourth-order valence-electron chi connectivity index (χ4n) is 2.10. The molecule has 18 heavy (non-hydrogen) atoms. The number of fused-ring (bicyclic) bond motifs is 1. The summed E-state index contributed by atoms with van der Waals surface area (Å²) in [7, 11) is 0. The Hall–Kier alpha value is -1.79. The van der Waals surface area contributed by atoms with E-state index in [1.54, 1.807) is 0 Å². The Kier molecular flexibility index (Phi) is 2.81. The third-order valence-electron chi connectivity index (χ3n) is 2.98. The van der Waals surface area contributed by atoms with Crippen molar-refractivity contribution in [2.45, 2.75) is 13.0 Å². The lowest BCUT2D eigenvalue weighted by Gasteiger charge is -2.23. The van der Waals surface area contributed by atoms with Crippen LogP contribution in [0.15, 0.2) is 12.1 Å². The van der Waals surface area contributed by atoms with Gasteiger partial charge < -0.3 is 15.8 Å². The smallest absolute Gasteiger partial charge is 0.165 e. The minimum Gasteiger partial charge on any atom is -0.383 e. The molecule has 0 radical (unpaired) electrons. The summed E-state index contributed by atoms with van der Waals surface area (Å²) in [5.74, 6) is 1.10. The number of anilines is 1. The van der Waals surface area contributed by atoms with E-state index in [0.717, 1.165) is 24.2 Å². The van der Waals surface area contributed by atoms with Crippen LogP contribution in [0.4, 0.5) is 5.82 Å². The molecular weight excluding hydrogens is 230 g/mol. The Balaban J connectivity index is 2.04. The minimum absolute atomic E-state index is 0.0142. The number of rotatable bonds is 1. The van der Waals surface area contributed by atoms with Gasteiger partial charge in [0, 0.05) is 13.1 Å². The highest BCUT2D eigenvalue weighted by Crippen LogP contribution is 2.21. The number of aromatic nitrogens is 3. The molecule has 0 amide bonds. The number of nitrogens with one attached hydrogen (secondary N) is 1. The van der Waals surface area contributed by atoms with Gasteiger partial charge in [-0.25, -0.2) is 15.0 Å². The number of pyridine rings is 1. The molecule has 3 N–H and O–H groups in total. The Morgan fingerprint density at radius 1 is 1.33 bits per heavy atom. The second-order valence-corrected chi connectivity index (χ2v) is 4.33. The minimum atomic E-state index is -0.0142. The van der Waals surface area contributed by atoms with Gasteiger partial charge in [0.2, 0.25) is 0 Å². The summed E-state index contributed by atoms with van der Waals surface area (Å²) in [5.41, 5.74) is 7.36. The lowest BCUT2D eigenvalue weighted by molar-refractivity contribution is 0.0252. The van der Waals surface area contributed by atoms with Gasteiger partial charge in [0.1, 0.15) is 17.7 Å². The molecule has 1 aliphatic heterocycles. The first kappa shape index (κ1) is 11.3. The number of nitrogen functional groups attached to an aromatic ring is 1. The number of nitrogens with two attached hydrogens (primary N) is 1. The van der Waals surface area contributed by atoms with Crippen molar-refractivity contribution in [1.82, 2.24) is 20.3 Å². The third kappa shape index (κ3) is 2.00. The molecule has 3 heterocycles. The fourth-order valence-corrected chi connectivity index (χ4v) is 2.10. The summed E-state index contributed by atoms with van der Waals surface area (Å²) in [6.45, 7) is 4.18. The quantitative estimate of drug-likeness (QED) is 0.764. The standard InChI is InChI=1S/C12H15N5O/c1-7-15-11(13)8-2-3-9(17-12(8)16-7)10-6-14-4-5-18-10/h2-3,10,14H,4-6H2,1H3,(H2,13,15,16,17). The van der Waals surface area contributed by atoms with Gasteiger partial charge in [-0.2, -0.15) is 0 Å². The van der Waals surface area contributed by atoms with E-state index in [-0.39, 0.29) is 6.10 Å². The second kappa shape index (κ2) is 4.47. The van der Waals surface area contributed by atoms with E-state index in [2.05, 4.69) is 20.3 Å². The van der Waals surface area contributed by atoms with E-state index in [0.29, 0.717) is 23.9 Å². The predicted octanol–water partition coefficient (Wildman–Crippen LogP) is 0.576. The van der Waals surface area contributed by atoms with Gasteiger partial charge in [0.15, 0.2) is 5.65 Å². The topological polar surface area (TPSA) is 86.0 Å².